The van der Waals surface area contributed by atoms with Crippen molar-refractivity contribution in [3.63, 3.8) is 0 Å². The smallest absolute Gasteiger partial charge is 0.251 e. The minimum atomic E-state index is -3.37. The second-order valence-electron chi connectivity index (χ2n) is 8.24. The van der Waals surface area contributed by atoms with Gasteiger partial charge in [-0.1, -0.05) is 23.4 Å². The van der Waals surface area contributed by atoms with Crippen LogP contribution in [0.2, 0.25) is 0 Å². The number of hydrogen-bond donors (Lipinski definition) is 2. The molecular formula is C24H21N5O4S. The molecule has 0 radical (unpaired) electrons. The Bertz CT molecular complexity index is 1530. The fourth-order valence-corrected chi connectivity index (χ4v) is 4.78. The van der Waals surface area contributed by atoms with Gasteiger partial charge in [-0.2, -0.15) is 0 Å². The van der Waals surface area contributed by atoms with Crippen molar-refractivity contribution in [3.05, 3.63) is 65.9 Å². The van der Waals surface area contributed by atoms with E-state index >= 15 is 0 Å². The first kappa shape index (κ1) is 21.8. The number of nitrogens with zero attached hydrogens (tertiary/aromatic N) is 3. The van der Waals surface area contributed by atoms with Gasteiger partial charge in [0.25, 0.3) is 5.91 Å². The van der Waals surface area contributed by atoms with Crippen LogP contribution >= 0.6 is 0 Å². The first-order valence-corrected chi connectivity index (χ1v) is 12.1. The summed E-state index contributed by atoms with van der Waals surface area (Å²) in [5.74, 6) is 0.432. The minimum Gasteiger partial charge on any atom is -0.382 e. The summed E-state index contributed by atoms with van der Waals surface area (Å²) in [6.07, 6.45) is 1.52. The van der Waals surface area contributed by atoms with E-state index in [0.717, 1.165) is 11.1 Å². The molecule has 1 amide bonds. The van der Waals surface area contributed by atoms with Gasteiger partial charge in [-0.25, -0.2) is 18.4 Å². The number of amides is 1. The molecule has 0 fully saturated rings. The van der Waals surface area contributed by atoms with Crippen molar-refractivity contribution in [1.29, 1.82) is 0 Å². The third-order valence-electron chi connectivity index (χ3n) is 5.73. The molecule has 2 aromatic carbocycles. The van der Waals surface area contributed by atoms with Crippen molar-refractivity contribution < 1.29 is 17.7 Å². The van der Waals surface area contributed by atoms with E-state index in [-0.39, 0.29) is 16.6 Å². The molecular weight excluding hydrogens is 454 g/mol. The van der Waals surface area contributed by atoms with Crippen molar-refractivity contribution in [2.75, 3.05) is 5.73 Å². The van der Waals surface area contributed by atoms with Crippen molar-refractivity contribution in [3.8, 4) is 34.0 Å². The lowest BCUT2D eigenvalue weighted by atomic mass is 10.0. The Balaban J connectivity index is 1.46. The number of carbonyl (C=O) groups is 1. The predicted octanol–water partition coefficient (Wildman–Crippen LogP) is 3.47. The van der Waals surface area contributed by atoms with Crippen LogP contribution in [0.25, 0.3) is 34.0 Å². The van der Waals surface area contributed by atoms with Gasteiger partial charge in [-0.05, 0) is 43.7 Å². The second kappa shape index (κ2) is 8.07. The lowest BCUT2D eigenvalue weighted by molar-refractivity contribution is 0.0965. The summed E-state index contributed by atoms with van der Waals surface area (Å²) < 4.78 is 30.3. The van der Waals surface area contributed by atoms with Gasteiger partial charge in [0, 0.05) is 29.3 Å². The van der Waals surface area contributed by atoms with Gasteiger partial charge in [0.2, 0.25) is 0 Å². The number of aromatic nitrogens is 3. The lowest BCUT2D eigenvalue weighted by Crippen LogP contribution is -2.13. The van der Waals surface area contributed by atoms with Crippen LogP contribution in [0, 0.1) is 0 Å². The van der Waals surface area contributed by atoms with Crippen LogP contribution in [0.5, 0.6) is 0 Å². The van der Waals surface area contributed by atoms with Gasteiger partial charge in [0.05, 0.1) is 22.0 Å². The number of nitrogens with one attached hydrogen (secondary N) is 1. The van der Waals surface area contributed by atoms with Gasteiger partial charge in [0.15, 0.2) is 27.1 Å². The van der Waals surface area contributed by atoms with Crippen molar-refractivity contribution in [1.82, 2.24) is 20.4 Å². The van der Waals surface area contributed by atoms with Gasteiger partial charge < -0.3 is 15.6 Å². The third kappa shape index (κ3) is 3.71. The normalized spacial score (nSPS) is 13.2. The molecule has 0 unspecified atom stereocenters. The standard InChI is InChI=1S/C24H21N5O4S/c1-13(2)34(31,32)17-6-3-14(4-7-17)20-12-26-23(25)22(28-20)21-10-19(29-33-21)15-5-8-18-16(9-15)11-27-24(18)30/h3-10,12-13H,11H2,1-2H3,(H2,25,26)(H,27,30). The molecule has 0 saturated carbocycles. The van der Waals surface area contributed by atoms with E-state index in [4.69, 9.17) is 10.3 Å². The summed E-state index contributed by atoms with van der Waals surface area (Å²) in [5, 5.41) is 6.42. The molecule has 34 heavy (non-hydrogen) atoms. The summed E-state index contributed by atoms with van der Waals surface area (Å²) in [4.78, 5) is 20.9. The quantitative estimate of drug-likeness (QED) is 0.447. The summed E-state index contributed by atoms with van der Waals surface area (Å²) in [7, 11) is -3.37. The van der Waals surface area contributed by atoms with Crippen molar-refractivity contribution >= 4 is 21.6 Å². The maximum atomic E-state index is 12.4. The average Bonchev–Trinajstić information content (AvgIpc) is 3.46. The molecule has 1 aliphatic heterocycles. The number of benzene rings is 2. The van der Waals surface area contributed by atoms with E-state index in [1.54, 1.807) is 50.2 Å². The molecule has 172 valence electrons. The zero-order chi connectivity index (χ0) is 24.0. The van der Waals surface area contributed by atoms with Gasteiger partial charge in [-0.15, -0.1) is 0 Å². The zero-order valence-electron chi connectivity index (χ0n) is 18.4. The number of nitrogens with two attached hydrogens (primary N) is 1. The van der Waals surface area contributed by atoms with Crippen LogP contribution in [0.15, 0.2) is 64.1 Å². The van der Waals surface area contributed by atoms with E-state index in [0.29, 0.717) is 40.5 Å². The van der Waals surface area contributed by atoms with Crippen LogP contribution in [0.3, 0.4) is 0 Å². The molecule has 1 aliphatic rings. The third-order valence-corrected chi connectivity index (χ3v) is 7.90. The molecule has 0 atom stereocenters. The molecule has 0 saturated heterocycles. The number of carbonyl (C=O) groups excluding carboxylic acids is 1. The van der Waals surface area contributed by atoms with Crippen LogP contribution in [0.4, 0.5) is 5.82 Å². The molecule has 3 heterocycles. The predicted molar refractivity (Wildman–Crippen MR) is 126 cm³/mol. The van der Waals surface area contributed by atoms with E-state index in [2.05, 4.69) is 20.4 Å². The summed E-state index contributed by atoms with van der Waals surface area (Å²) in [5.41, 5.74) is 10.5. The van der Waals surface area contributed by atoms with Gasteiger partial charge >= 0.3 is 0 Å². The van der Waals surface area contributed by atoms with Crippen LogP contribution in [-0.2, 0) is 16.4 Å². The van der Waals surface area contributed by atoms with Crippen LogP contribution in [-0.4, -0.2) is 34.7 Å². The average molecular weight is 476 g/mol. The fourth-order valence-electron chi connectivity index (χ4n) is 3.72. The van der Waals surface area contributed by atoms with E-state index in [1.807, 2.05) is 12.1 Å². The van der Waals surface area contributed by atoms with Crippen LogP contribution < -0.4 is 11.1 Å². The zero-order valence-corrected chi connectivity index (χ0v) is 19.3. The summed E-state index contributed by atoms with van der Waals surface area (Å²) in [6, 6.07) is 13.7. The number of hydrogen-bond acceptors (Lipinski definition) is 8. The molecule has 3 N–H and O–H groups in total. The topological polar surface area (TPSA) is 141 Å². The molecule has 0 bridgehead atoms. The number of sulfone groups is 1. The second-order valence-corrected chi connectivity index (χ2v) is 10.7. The molecule has 10 heteroatoms. The Morgan fingerprint density at radius 1 is 1.03 bits per heavy atom. The highest BCUT2D eigenvalue weighted by Gasteiger charge is 2.21. The highest BCUT2D eigenvalue weighted by atomic mass is 32.2. The summed E-state index contributed by atoms with van der Waals surface area (Å²) in [6.45, 7) is 3.77. The SMILES string of the molecule is CC(C)S(=O)(=O)c1ccc(-c2cnc(N)c(-c3cc(-c4ccc5c(c4)CNC5=O)no3)n2)cc1. The molecule has 5 rings (SSSR count). The van der Waals surface area contributed by atoms with Crippen molar-refractivity contribution in [2.24, 2.45) is 0 Å². The maximum absolute atomic E-state index is 12.4. The molecule has 9 nitrogen and oxygen atoms in total. The maximum Gasteiger partial charge on any atom is 0.251 e. The minimum absolute atomic E-state index is 0.0860. The first-order valence-electron chi connectivity index (χ1n) is 10.6. The Labute approximate surface area is 196 Å². The number of fused-ring (bicyclic) bond motifs is 1. The van der Waals surface area contributed by atoms with Gasteiger partial charge in [0.1, 0.15) is 5.69 Å². The molecule has 0 aliphatic carbocycles. The Morgan fingerprint density at radius 3 is 2.50 bits per heavy atom. The largest absolute Gasteiger partial charge is 0.382 e. The fraction of sp³-hybridized carbons (Fsp3) is 0.167. The number of anilines is 1. The lowest BCUT2D eigenvalue weighted by Gasteiger charge is -2.09. The molecule has 0 spiro atoms. The molecule has 4 aromatic rings. The Hall–Kier alpha value is -4.05. The van der Waals surface area contributed by atoms with E-state index in [9.17, 15) is 13.2 Å². The Morgan fingerprint density at radius 2 is 1.76 bits per heavy atom. The van der Waals surface area contributed by atoms with Crippen molar-refractivity contribution in [2.45, 2.75) is 30.5 Å². The monoisotopic (exact) mass is 475 g/mol. The first-order chi connectivity index (χ1) is 16.2. The number of rotatable bonds is 5. The molecule has 2 aromatic heterocycles. The highest BCUT2D eigenvalue weighted by molar-refractivity contribution is 7.92. The highest BCUT2D eigenvalue weighted by Crippen LogP contribution is 2.31. The van der Waals surface area contributed by atoms with E-state index in [1.165, 1.54) is 6.20 Å². The van der Waals surface area contributed by atoms with Crippen LogP contribution in [0.1, 0.15) is 29.8 Å². The Kier molecular flexibility index (Phi) is 5.17. The number of nitrogen functional groups attached to an aromatic ring is 1. The van der Waals surface area contributed by atoms with Gasteiger partial charge in [-0.3, -0.25) is 4.79 Å². The summed E-state index contributed by atoms with van der Waals surface area (Å²) >= 11 is 0. The van der Waals surface area contributed by atoms with E-state index < -0.39 is 15.1 Å².